The van der Waals surface area contributed by atoms with E-state index in [1.807, 2.05) is 18.4 Å². The largest absolute Gasteiger partial charge is 0.379 e. The highest BCUT2D eigenvalue weighted by atomic mass is 32.2. The minimum atomic E-state index is -3.40. The Morgan fingerprint density at radius 1 is 1.30 bits per heavy atom. The summed E-state index contributed by atoms with van der Waals surface area (Å²) in [5.74, 6) is 0. The molecule has 2 rings (SSSR count). The van der Waals surface area contributed by atoms with E-state index in [9.17, 15) is 8.42 Å². The summed E-state index contributed by atoms with van der Waals surface area (Å²) in [6.45, 7) is 3.94. The van der Waals surface area contributed by atoms with Gasteiger partial charge in [0, 0.05) is 18.3 Å². The third-order valence-corrected chi connectivity index (χ3v) is 6.44. The molecule has 0 aromatic heterocycles. The average molecular weight is 315 g/mol. The molecule has 0 radical (unpaired) electrons. The quantitative estimate of drug-likeness (QED) is 0.834. The van der Waals surface area contributed by atoms with Gasteiger partial charge in [-0.1, -0.05) is 25.1 Å². The van der Waals surface area contributed by atoms with Crippen molar-refractivity contribution in [1.29, 1.82) is 0 Å². The zero-order valence-corrected chi connectivity index (χ0v) is 13.5. The van der Waals surface area contributed by atoms with Gasteiger partial charge in [-0.05, 0) is 24.3 Å². The number of nitrogens with zero attached hydrogens (tertiary/aromatic N) is 1. The van der Waals surface area contributed by atoms with Gasteiger partial charge >= 0.3 is 0 Å². The molecule has 1 fully saturated rings. The maximum Gasteiger partial charge on any atom is 0.243 e. The smallest absolute Gasteiger partial charge is 0.243 e. The molecule has 1 saturated heterocycles. The fourth-order valence-corrected chi connectivity index (χ4v) is 4.23. The van der Waals surface area contributed by atoms with Crippen LogP contribution in [0.1, 0.15) is 12.5 Å². The molecule has 1 aromatic carbocycles. The van der Waals surface area contributed by atoms with Crippen LogP contribution in [0.4, 0.5) is 0 Å². The first-order valence-electron chi connectivity index (χ1n) is 6.74. The monoisotopic (exact) mass is 315 g/mol. The van der Waals surface area contributed by atoms with E-state index in [-0.39, 0.29) is 0 Å². The Balaban J connectivity index is 2.31. The van der Waals surface area contributed by atoms with E-state index in [0.717, 1.165) is 12.0 Å². The van der Waals surface area contributed by atoms with Crippen molar-refractivity contribution in [2.45, 2.75) is 23.5 Å². The lowest BCUT2D eigenvalue weighted by molar-refractivity contribution is 0.0730. The predicted molar refractivity (Wildman–Crippen MR) is 82.7 cm³/mol. The molecule has 0 amide bonds. The second kappa shape index (κ2) is 6.93. The van der Waals surface area contributed by atoms with Crippen LogP contribution in [-0.4, -0.2) is 50.5 Å². The van der Waals surface area contributed by atoms with Gasteiger partial charge in [0.05, 0.1) is 18.1 Å². The maximum atomic E-state index is 12.7. The van der Waals surface area contributed by atoms with Crippen LogP contribution in [0, 0.1) is 0 Å². The third kappa shape index (κ3) is 3.55. The molecule has 1 aliphatic heterocycles. The molecule has 0 bridgehead atoms. The first-order chi connectivity index (χ1) is 9.55. The summed E-state index contributed by atoms with van der Waals surface area (Å²) in [7, 11) is -3.40. The van der Waals surface area contributed by atoms with Gasteiger partial charge in [-0.2, -0.15) is 16.1 Å². The molecule has 0 aliphatic carbocycles. The molecule has 0 N–H and O–H groups in total. The number of rotatable bonds is 5. The minimum Gasteiger partial charge on any atom is -0.379 e. The van der Waals surface area contributed by atoms with Crippen molar-refractivity contribution in [2.24, 2.45) is 0 Å². The number of benzene rings is 1. The molecule has 1 heterocycles. The zero-order valence-electron chi connectivity index (χ0n) is 11.9. The summed E-state index contributed by atoms with van der Waals surface area (Å²) in [5, 5.41) is 0.399. The number of thioether (sulfide) groups is 1. The lowest BCUT2D eigenvalue weighted by atomic mass is 10.1. The Hall–Kier alpha value is -0.560. The molecule has 1 aromatic rings. The zero-order chi connectivity index (χ0) is 14.6. The van der Waals surface area contributed by atoms with Gasteiger partial charge in [0.1, 0.15) is 0 Å². The molecule has 112 valence electrons. The molecule has 0 saturated carbocycles. The second-order valence-electron chi connectivity index (χ2n) is 4.87. The second-order valence-corrected chi connectivity index (χ2v) is 8.06. The number of ether oxygens (including phenoxy) is 1. The van der Waals surface area contributed by atoms with Crippen LogP contribution in [0.2, 0.25) is 0 Å². The Bertz CT molecular complexity index is 539. The van der Waals surface area contributed by atoms with Gasteiger partial charge in [0.25, 0.3) is 0 Å². The summed E-state index contributed by atoms with van der Waals surface area (Å²) in [4.78, 5) is 0.447. The number of hydrogen-bond donors (Lipinski definition) is 0. The molecular weight excluding hydrogens is 294 g/mol. The first-order valence-corrected chi connectivity index (χ1v) is 9.47. The predicted octanol–water partition coefficient (Wildman–Crippen LogP) is 2.00. The number of sulfonamides is 1. The molecule has 4 nitrogen and oxygen atoms in total. The number of hydrogen-bond acceptors (Lipinski definition) is 4. The average Bonchev–Trinajstić information content (AvgIpc) is 2.48. The molecular formula is C14H21NO3S2. The van der Waals surface area contributed by atoms with E-state index in [4.69, 9.17) is 4.74 Å². The summed E-state index contributed by atoms with van der Waals surface area (Å²) >= 11 is 1.75. The lowest BCUT2D eigenvalue weighted by Gasteiger charge is -2.27. The van der Waals surface area contributed by atoms with Gasteiger partial charge in [-0.15, -0.1) is 0 Å². The van der Waals surface area contributed by atoms with Crippen LogP contribution in [-0.2, 0) is 21.2 Å². The van der Waals surface area contributed by atoms with Gasteiger partial charge in [-0.25, -0.2) is 8.42 Å². The Labute approximate surface area is 125 Å². The SMILES string of the molecule is CSC(C)Cc1ccccc1S(=O)(=O)N1CCOCC1. The first kappa shape index (κ1) is 15.8. The van der Waals surface area contributed by atoms with E-state index < -0.39 is 10.0 Å². The summed E-state index contributed by atoms with van der Waals surface area (Å²) < 4.78 is 32.2. The van der Waals surface area contributed by atoms with Crippen molar-refractivity contribution in [1.82, 2.24) is 4.31 Å². The number of morpholine rings is 1. The molecule has 20 heavy (non-hydrogen) atoms. The van der Waals surface area contributed by atoms with Crippen molar-refractivity contribution in [3.63, 3.8) is 0 Å². The highest BCUT2D eigenvalue weighted by Crippen LogP contribution is 2.24. The van der Waals surface area contributed by atoms with Crippen molar-refractivity contribution in [2.75, 3.05) is 32.6 Å². The topological polar surface area (TPSA) is 46.6 Å². The van der Waals surface area contributed by atoms with Gasteiger partial charge in [-0.3, -0.25) is 0 Å². The van der Waals surface area contributed by atoms with Crippen LogP contribution >= 0.6 is 11.8 Å². The van der Waals surface area contributed by atoms with E-state index in [1.54, 1.807) is 23.9 Å². The van der Waals surface area contributed by atoms with Crippen LogP contribution in [0.25, 0.3) is 0 Å². The minimum absolute atomic E-state index is 0.399. The molecule has 6 heteroatoms. The standard InChI is InChI=1S/C14H21NO3S2/c1-12(19-2)11-13-5-3-4-6-14(13)20(16,17)15-7-9-18-10-8-15/h3-6,12H,7-11H2,1-2H3. The third-order valence-electron chi connectivity index (χ3n) is 3.47. The van der Waals surface area contributed by atoms with E-state index in [1.165, 1.54) is 4.31 Å². The van der Waals surface area contributed by atoms with E-state index in [0.29, 0.717) is 36.4 Å². The van der Waals surface area contributed by atoms with E-state index >= 15 is 0 Å². The molecule has 1 atom stereocenters. The van der Waals surface area contributed by atoms with Gasteiger partial charge in [0.15, 0.2) is 0 Å². The Morgan fingerprint density at radius 2 is 1.95 bits per heavy atom. The van der Waals surface area contributed by atoms with Crippen LogP contribution in [0.15, 0.2) is 29.2 Å². The molecule has 1 aliphatic rings. The Morgan fingerprint density at radius 3 is 2.60 bits per heavy atom. The van der Waals surface area contributed by atoms with Crippen molar-refractivity contribution in [3.8, 4) is 0 Å². The van der Waals surface area contributed by atoms with Crippen molar-refractivity contribution >= 4 is 21.8 Å². The van der Waals surface area contributed by atoms with Crippen LogP contribution in [0.3, 0.4) is 0 Å². The summed E-state index contributed by atoms with van der Waals surface area (Å²) in [6.07, 6.45) is 2.81. The lowest BCUT2D eigenvalue weighted by Crippen LogP contribution is -2.41. The van der Waals surface area contributed by atoms with Crippen molar-refractivity contribution in [3.05, 3.63) is 29.8 Å². The van der Waals surface area contributed by atoms with E-state index in [2.05, 4.69) is 6.92 Å². The summed E-state index contributed by atoms with van der Waals surface area (Å²) in [5.41, 5.74) is 0.904. The van der Waals surface area contributed by atoms with Crippen LogP contribution < -0.4 is 0 Å². The van der Waals surface area contributed by atoms with Crippen molar-refractivity contribution < 1.29 is 13.2 Å². The maximum absolute atomic E-state index is 12.7. The van der Waals surface area contributed by atoms with Crippen LogP contribution in [0.5, 0.6) is 0 Å². The normalized spacial score (nSPS) is 18.9. The fourth-order valence-electron chi connectivity index (χ4n) is 2.24. The summed E-state index contributed by atoms with van der Waals surface area (Å²) in [6, 6.07) is 7.33. The fraction of sp³-hybridized carbons (Fsp3) is 0.571. The Kier molecular flexibility index (Phi) is 5.49. The molecule has 0 spiro atoms. The van der Waals surface area contributed by atoms with Gasteiger partial charge in [0.2, 0.25) is 10.0 Å². The highest BCUT2D eigenvalue weighted by Gasteiger charge is 2.28. The van der Waals surface area contributed by atoms with Gasteiger partial charge < -0.3 is 4.74 Å². The molecule has 1 unspecified atom stereocenters. The highest BCUT2D eigenvalue weighted by molar-refractivity contribution is 7.99.